The summed E-state index contributed by atoms with van der Waals surface area (Å²) in [6.45, 7) is 0.603. The maximum Gasteiger partial charge on any atom is 0.266 e. The average molecular weight is 467 g/mol. The molecule has 0 atom stereocenters. The van der Waals surface area contributed by atoms with Crippen molar-refractivity contribution in [2.45, 2.75) is 19.3 Å². The molecule has 7 nitrogen and oxygen atoms in total. The molecular formula is C21H18N6OS3. The van der Waals surface area contributed by atoms with E-state index in [1.54, 1.807) is 16.2 Å². The molecule has 156 valence electrons. The first-order valence-electron chi connectivity index (χ1n) is 9.81. The van der Waals surface area contributed by atoms with E-state index in [0.29, 0.717) is 21.6 Å². The lowest BCUT2D eigenvalue weighted by Gasteiger charge is -2.13. The quantitative estimate of drug-likeness (QED) is 0.234. The first-order chi connectivity index (χ1) is 15.2. The normalized spacial score (nSPS) is 15.6. The summed E-state index contributed by atoms with van der Waals surface area (Å²) < 4.78 is 0.616. The highest BCUT2D eigenvalue weighted by Crippen LogP contribution is 2.35. The van der Waals surface area contributed by atoms with Crippen LogP contribution in [0.5, 0.6) is 0 Å². The van der Waals surface area contributed by atoms with Crippen molar-refractivity contribution in [1.82, 2.24) is 30.5 Å². The molecule has 1 aliphatic rings. The van der Waals surface area contributed by atoms with Gasteiger partial charge < -0.3 is 4.98 Å². The first kappa shape index (κ1) is 20.1. The maximum absolute atomic E-state index is 12.8. The van der Waals surface area contributed by atoms with Gasteiger partial charge in [0, 0.05) is 29.6 Å². The van der Waals surface area contributed by atoms with E-state index in [1.807, 2.05) is 12.3 Å². The summed E-state index contributed by atoms with van der Waals surface area (Å²) in [4.78, 5) is 19.5. The summed E-state index contributed by atoms with van der Waals surface area (Å²) in [5, 5.41) is 17.2. The SMILES string of the molecule is O=C1C(=Cc2cc(-c3ccc4[nH]ccc4c3)cs2)SC(=S)N1CCCCc1nn[nH]n1. The van der Waals surface area contributed by atoms with Crippen LogP contribution in [-0.4, -0.2) is 47.3 Å². The van der Waals surface area contributed by atoms with Gasteiger partial charge in [0.15, 0.2) is 5.82 Å². The number of fused-ring (bicyclic) bond motifs is 1. The van der Waals surface area contributed by atoms with Crippen molar-refractivity contribution in [3.05, 3.63) is 57.5 Å². The largest absolute Gasteiger partial charge is 0.361 e. The molecule has 0 unspecified atom stereocenters. The third-order valence-electron chi connectivity index (χ3n) is 5.07. The third-order valence-corrected chi connectivity index (χ3v) is 7.33. The lowest BCUT2D eigenvalue weighted by molar-refractivity contribution is -0.122. The van der Waals surface area contributed by atoms with Crippen molar-refractivity contribution in [3.8, 4) is 11.1 Å². The second kappa shape index (κ2) is 8.74. The number of aromatic nitrogens is 5. The summed E-state index contributed by atoms with van der Waals surface area (Å²) in [5.74, 6) is 0.674. The minimum Gasteiger partial charge on any atom is -0.361 e. The highest BCUT2D eigenvalue weighted by Gasteiger charge is 2.31. The van der Waals surface area contributed by atoms with Crippen LogP contribution in [0.25, 0.3) is 28.1 Å². The number of unbranched alkanes of at least 4 members (excludes halogenated alkanes) is 1. The van der Waals surface area contributed by atoms with Crippen molar-refractivity contribution in [1.29, 1.82) is 0 Å². The van der Waals surface area contributed by atoms with E-state index in [4.69, 9.17) is 12.2 Å². The number of rotatable bonds is 7. The number of carbonyl (C=O) groups is 1. The molecule has 1 saturated heterocycles. The predicted molar refractivity (Wildman–Crippen MR) is 129 cm³/mol. The predicted octanol–water partition coefficient (Wildman–Crippen LogP) is 4.63. The molecule has 1 aromatic carbocycles. The van der Waals surface area contributed by atoms with Gasteiger partial charge in [-0.3, -0.25) is 9.69 Å². The van der Waals surface area contributed by atoms with Crippen LogP contribution in [0, 0.1) is 0 Å². The minimum absolute atomic E-state index is 0.0155. The number of tetrazole rings is 1. The van der Waals surface area contributed by atoms with Gasteiger partial charge in [-0.05, 0) is 65.1 Å². The number of nitrogens with one attached hydrogen (secondary N) is 2. The molecule has 0 spiro atoms. The van der Waals surface area contributed by atoms with E-state index in [-0.39, 0.29) is 5.91 Å². The summed E-state index contributed by atoms with van der Waals surface area (Å²) in [7, 11) is 0. The molecule has 3 aromatic heterocycles. The van der Waals surface area contributed by atoms with Crippen molar-refractivity contribution in [3.63, 3.8) is 0 Å². The van der Waals surface area contributed by atoms with Crippen molar-refractivity contribution in [2.75, 3.05) is 6.54 Å². The number of thiocarbonyl (C=S) groups is 1. The molecule has 1 fully saturated rings. The molecule has 4 heterocycles. The Balaban J connectivity index is 1.24. The van der Waals surface area contributed by atoms with Crippen molar-refractivity contribution < 1.29 is 4.79 Å². The Morgan fingerprint density at radius 2 is 2.10 bits per heavy atom. The number of carbonyl (C=O) groups excluding carboxylic acids is 1. The monoisotopic (exact) mass is 466 g/mol. The molecule has 1 aliphatic heterocycles. The molecule has 4 aromatic rings. The Labute approximate surface area is 191 Å². The average Bonchev–Trinajstić information content (AvgIpc) is 3.55. The van der Waals surface area contributed by atoms with Crippen LogP contribution in [0.2, 0.25) is 0 Å². The molecule has 5 rings (SSSR count). The first-order valence-corrected chi connectivity index (χ1v) is 11.9. The molecular weight excluding hydrogens is 448 g/mol. The fourth-order valence-electron chi connectivity index (χ4n) is 3.48. The fraction of sp³-hybridized carbons (Fsp3) is 0.190. The molecule has 31 heavy (non-hydrogen) atoms. The van der Waals surface area contributed by atoms with Crippen LogP contribution >= 0.6 is 35.3 Å². The van der Waals surface area contributed by atoms with Crippen molar-refractivity contribution >= 4 is 62.5 Å². The van der Waals surface area contributed by atoms with Gasteiger partial charge in [-0.2, -0.15) is 5.21 Å². The second-order valence-corrected chi connectivity index (χ2v) is 9.75. The molecule has 2 N–H and O–H groups in total. The number of nitrogens with zero attached hydrogens (tertiary/aromatic N) is 4. The van der Waals surface area contributed by atoms with E-state index < -0.39 is 0 Å². The molecule has 0 radical (unpaired) electrons. The maximum atomic E-state index is 12.8. The van der Waals surface area contributed by atoms with E-state index in [0.717, 1.165) is 40.8 Å². The molecule has 0 bridgehead atoms. The number of thiophene rings is 1. The van der Waals surface area contributed by atoms with Gasteiger partial charge in [0.25, 0.3) is 5.91 Å². The molecule has 1 amide bonds. The third kappa shape index (κ3) is 4.32. The van der Waals surface area contributed by atoms with Gasteiger partial charge in [0.2, 0.25) is 0 Å². The van der Waals surface area contributed by atoms with Gasteiger partial charge in [-0.15, -0.1) is 21.5 Å². The lowest BCUT2D eigenvalue weighted by atomic mass is 10.1. The van der Waals surface area contributed by atoms with Crippen molar-refractivity contribution in [2.24, 2.45) is 0 Å². The Bertz CT molecular complexity index is 1270. The number of hydrogen-bond acceptors (Lipinski definition) is 7. The number of aryl methyl sites for hydroxylation is 1. The summed E-state index contributed by atoms with van der Waals surface area (Å²) in [6, 6.07) is 10.6. The van der Waals surface area contributed by atoms with E-state index in [9.17, 15) is 4.79 Å². The summed E-state index contributed by atoms with van der Waals surface area (Å²) >= 11 is 8.45. The Morgan fingerprint density at radius 1 is 1.16 bits per heavy atom. The van der Waals surface area contributed by atoms with Gasteiger partial charge in [0.05, 0.1) is 4.91 Å². The zero-order valence-corrected chi connectivity index (χ0v) is 18.8. The molecule has 10 heteroatoms. The number of hydrogen-bond donors (Lipinski definition) is 2. The zero-order valence-electron chi connectivity index (χ0n) is 16.4. The van der Waals surface area contributed by atoms with Gasteiger partial charge in [-0.1, -0.05) is 35.3 Å². The van der Waals surface area contributed by atoms with E-state index in [1.165, 1.54) is 17.1 Å². The smallest absolute Gasteiger partial charge is 0.266 e. The number of H-pyrrole nitrogens is 2. The molecule has 0 saturated carbocycles. The summed E-state index contributed by atoms with van der Waals surface area (Å²) in [6.07, 6.45) is 6.32. The number of aromatic amines is 2. The van der Waals surface area contributed by atoms with Crippen LogP contribution in [0.3, 0.4) is 0 Å². The number of thioether (sulfide) groups is 1. The van der Waals surface area contributed by atoms with Crippen LogP contribution in [-0.2, 0) is 11.2 Å². The summed E-state index contributed by atoms with van der Waals surface area (Å²) in [5.41, 5.74) is 3.44. The minimum atomic E-state index is -0.0155. The van der Waals surface area contributed by atoms with E-state index in [2.05, 4.69) is 61.3 Å². The standard InChI is InChI=1S/C21H18N6OS3/c28-20-18(31-21(29)27(20)8-2-1-3-19-23-25-26-24-19)11-16-10-15(12-30-16)13-4-5-17-14(9-13)6-7-22-17/h4-7,9-12,22H,1-3,8H2,(H,23,24,25,26). The number of benzene rings is 1. The zero-order chi connectivity index (χ0) is 21.2. The van der Waals surface area contributed by atoms with Gasteiger partial charge in [0.1, 0.15) is 4.32 Å². The highest BCUT2D eigenvalue weighted by molar-refractivity contribution is 8.26. The van der Waals surface area contributed by atoms with Gasteiger partial charge in [-0.25, -0.2) is 0 Å². The molecule has 0 aliphatic carbocycles. The Morgan fingerprint density at radius 3 is 2.97 bits per heavy atom. The van der Waals surface area contributed by atoms with E-state index >= 15 is 0 Å². The Kier molecular flexibility index (Phi) is 5.66. The van der Waals surface area contributed by atoms with Crippen LogP contribution < -0.4 is 0 Å². The highest BCUT2D eigenvalue weighted by atomic mass is 32.2. The second-order valence-electron chi connectivity index (χ2n) is 7.14. The van der Waals surface area contributed by atoms with Crippen LogP contribution in [0.1, 0.15) is 23.5 Å². The number of amides is 1. The fourth-order valence-corrected chi connectivity index (χ4v) is 5.70. The van der Waals surface area contributed by atoms with Gasteiger partial charge >= 0.3 is 0 Å². The lowest BCUT2D eigenvalue weighted by Crippen LogP contribution is -2.29. The van der Waals surface area contributed by atoms with Crippen LogP contribution in [0.15, 0.2) is 46.8 Å². The Hall–Kier alpha value is -2.82. The topological polar surface area (TPSA) is 90.6 Å². The van der Waals surface area contributed by atoms with Crippen LogP contribution in [0.4, 0.5) is 0 Å².